The van der Waals surface area contributed by atoms with Crippen LogP contribution in [0.25, 0.3) is 0 Å². The van der Waals surface area contributed by atoms with Crippen LogP contribution >= 0.6 is 15.2 Å². The van der Waals surface area contributed by atoms with Crippen molar-refractivity contribution in [3.63, 3.8) is 0 Å². The van der Waals surface area contributed by atoms with E-state index in [0.717, 1.165) is 38.5 Å². The molecule has 0 aliphatic carbocycles. The van der Waals surface area contributed by atoms with Crippen LogP contribution in [0.15, 0.2) is 52.8 Å². The number of aromatic nitrogens is 3. The fourth-order valence-corrected chi connectivity index (χ4v) is 5.80. The van der Waals surface area contributed by atoms with Gasteiger partial charge in [0.1, 0.15) is 0 Å². The van der Waals surface area contributed by atoms with Crippen molar-refractivity contribution < 1.29 is 28.7 Å². The van der Waals surface area contributed by atoms with Crippen molar-refractivity contribution in [2.45, 2.75) is 91.5 Å². The zero-order valence-electron chi connectivity index (χ0n) is 21.5. The second-order valence-corrected chi connectivity index (χ2v) is 13.4. The van der Waals surface area contributed by atoms with E-state index < -0.39 is 27.0 Å². The van der Waals surface area contributed by atoms with E-state index in [1.165, 1.54) is 33.2 Å². The van der Waals surface area contributed by atoms with Gasteiger partial charge in [0.15, 0.2) is 5.40 Å². The van der Waals surface area contributed by atoms with E-state index in [-0.39, 0.29) is 5.69 Å². The van der Waals surface area contributed by atoms with Crippen LogP contribution in [0.1, 0.15) is 78.8 Å². The summed E-state index contributed by atoms with van der Waals surface area (Å²) in [5.41, 5.74) is 5.46. The Kier molecular flexibility index (Phi) is 13.3. The molecule has 1 heterocycles. The quantitative estimate of drug-likeness (QED) is 0.168. The number of allylic oxidation sites excluding steroid dienone is 8. The minimum Gasteiger partial charge on any atom is -0.324 e. The largest absolute Gasteiger partial charge is 0.341 e. The molecule has 0 saturated heterocycles. The van der Waals surface area contributed by atoms with Gasteiger partial charge in [-0.2, -0.15) is 0 Å². The van der Waals surface area contributed by atoms with Gasteiger partial charge in [0, 0.05) is 12.6 Å². The van der Waals surface area contributed by atoms with Gasteiger partial charge in [0.2, 0.25) is 0 Å². The van der Waals surface area contributed by atoms with E-state index in [9.17, 15) is 28.7 Å². The molecule has 0 amide bonds. The molecular formula is C24H41N3O6P2. The first-order chi connectivity index (χ1) is 16.2. The van der Waals surface area contributed by atoms with Crippen molar-refractivity contribution in [3.05, 3.63) is 58.5 Å². The summed E-state index contributed by atoms with van der Waals surface area (Å²) >= 11 is 0. The van der Waals surface area contributed by atoms with Crippen molar-refractivity contribution in [2.75, 3.05) is 0 Å². The minimum absolute atomic E-state index is 0.118. The fourth-order valence-electron chi connectivity index (χ4n) is 3.38. The summed E-state index contributed by atoms with van der Waals surface area (Å²) in [5.74, 6) is 0. The molecule has 0 unspecified atom stereocenters. The molecular weight excluding hydrogens is 488 g/mol. The minimum atomic E-state index is -4.99. The Bertz CT molecular complexity index is 1000. The Morgan fingerprint density at radius 1 is 0.829 bits per heavy atom. The highest BCUT2D eigenvalue weighted by molar-refractivity contribution is 7.70. The lowest BCUT2D eigenvalue weighted by atomic mass is 10.0. The van der Waals surface area contributed by atoms with Gasteiger partial charge in [-0.15, -0.1) is 5.10 Å². The van der Waals surface area contributed by atoms with Crippen molar-refractivity contribution >= 4 is 15.2 Å². The summed E-state index contributed by atoms with van der Waals surface area (Å²) in [7, 11) is -9.98. The van der Waals surface area contributed by atoms with Crippen LogP contribution in [0.3, 0.4) is 0 Å². The van der Waals surface area contributed by atoms with Gasteiger partial charge >= 0.3 is 15.2 Å². The summed E-state index contributed by atoms with van der Waals surface area (Å²) < 4.78 is 24.3. The normalized spacial score (nSPS) is 14.1. The Labute approximate surface area is 209 Å². The van der Waals surface area contributed by atoms with Crippen LogP contribution < -0.4 is 0 Å². The molecule has 0 aromatic carbocycles. The second kappa shape index (κ2) is 14.8. The maximum atomic E-state index is 11.4. The molecule has 0 bridgehead atoms. The lowest BCUT2D eigenvalue weighted by molar-refractivity contribution is 0.337. The Morgan fingerprint density at radius 2 is 1.29 bits per heavy atom. The van der Waals surface area contributed by atoms with Gasteiger partial charge in [-0.05, 0) is 73.1 Å². The molecule has 9 nitrogen and oxygen atoms in total. The molecule has 1 aromatic rings. The van der Waals surface area contributed by atoms with E-state index in [4.69, 9.17) is 0 Å². The van der Waals surface area contributed by atoms with E-state index >= 15 is 0 Å². The molecule has 11 heteroatoms. The van der Waals surface area contributed by atoms with Gasteiger partial charge in [-0.25, -0.2) is 4.68 Å². The van der Waals surface area contributed by atoms with Crippen molar-refractivity contribution in [1.82, 2.24) is 15.0 Å². The second-order valence-electron chi connectivity index (χ2n) is 9.34. The van der Waals surface area contributed by atoms with Crippen molar-refractivity contribution in [3.8, 4) is 0 Å². The highest BCUT2D eigenvalue weighted by atomic mass is 31.2. The zero-order valence-corrected chi connectivity index (χ0v) is 23.3. The standard InChI is InChI=1S/C24H41N3O6P2/c1-19(2)9-6-10-20(3)11-7-12-21(4)13-8-14-22(5)15-16-27-18-23(25-26-27)17-24(34(28,29)30)35(31,32)33/h9,11,13,15,18,24H,6-8,10,12,14,16-17H2,1-5H3,(H2,28,29,30)(H2,31,32,33)/b20-11+,21-13+,22-15?. The summed E-state index contributed by atoms with van der Waals surface area (Å²) in [5, 5.41) is 5.56. The molecule has 0 aliphatic heterocycles. The van der Waals surface area contributed by atoms with Gasteiger partial charge in [-0.3, -0.25) is 9.13 Å². The topological polar surface area (TPSA) is 146 Å². The van der Waals surface area contributed by atoms with Crippen molar-refractivity contribution in [1.29, 1.82) is 0 Å². The first-order valence-electron chi connectivity index (χ1n) is 11.8. The van der Waals surface area contributed by atoms with E-state index in [2.05, 4.69) is 56.2 Å². The lowest BCUT2D eigenvalue weighted by Gasteiger charge is -2.18. The molecule has 0 fully saturated rings. The maximum absolute atomic E-state index is 11.4. The third-order valence-electron chi connectivity index (χ3n) is 5.54. The third-order valence-corrected chi connectivity index (χ3v) is 9.26. The molecule has 1 rings (SSSR count). The van der Waals surface area contributed by atoms with Crippen LogP contribution in [0.4, 0.5) is 0 Å². The van der Waals surface area contributed by atoms with Gasteiger partial charge < -0.3 is 19.6 Å². The van der Waals surface area contributed by atoms with Crippen LogP contribution in [0, 0.1) is 0 Å². The smallest absolute Gasteiger partial charge is 0.324 e. The molecule has 1 aromatic heterocycles. The summed E-state index contributed by atoms with van der Waals surface area (Å²) in [4.78, 5) is 37.0. The van der Waals surface area contributed by atoms with Crippen LogP contribution in [0.5, 0.6) is 0 Å². The SMILES string of the molecule is CC(C)=CCC/C(C)=C/CC/C(C)=C/CCC(C)=CCn1cc(CC(P(=O)(O)O)P(=O)(O)O)nn1. The average molecular weight is 530 g/mol. The van der Waals surface area contributed by atoms with E-state index in [0.29, 0.717) is 6.54 Å². The monoisotopic (exact) mass is 529 g/mol. The highest BCUT2D eigenvalue weighted by Crippen LogP contribution is 2.60. The summed E-state index contributed by atoms with van der Waals surface area (Å²) in [6.07, 6.45) is 15.9. The number of hydrogen-bond acceptors (Lipinski definition) is 4. The van der Waals surface area contributed by atoms with E-state index in [1.807, 2.05) is 13.0 Å². The average Bonchev–Trinajstić information content (AvgIpc) is 3.16. The first kappa shape index (κ1) is 31.4. The number of nitrogens with zero attached hydrogens (tertiary/aromatic N) is 3. The number of rotatable bonds is 15. The predicted octanol–water partition coefficient (Wildman–Crippen LogP) is 5.65. The lowest BCUT2D eigenvalue weighted by Crippen LogP contribution is -2.13. The Balaban J connectivity index is 2.48. The molecule has 0 aliphatic rings. The molecule has 35 heavy (non-hydrogen) atoms. The third kappa shape index (κ3) is 13.9. The van der Waals surface area contributed by atoms with Crippen molar-refractivity contribution in [2.24, 2.45) is 0 Å². The predicted molar refractivity (Wildman–Crippen MR) is 140 cm³/mol. The van der Waals surface area contributed by atoms with Gasteiger partial charge in [-0.1, -0.05) is 51.8 Å². The summed E-state index contributed by atoms with van der Waals surface area (Å²) in [6, 6.07) is 0. The molecule has 0 radical (unpaired) electrons. The molecule has 198 valence electrons. The summed E-state index contributed by atoms with van der Waals surface area (Å²) in [6.45, 7) is 11.0. The molecule has 0 spiro atoms. The maximum Gasteiger partial charge on any atom is 0.341 e. The Morgan fingerprint density at radius 3 is 1.74 bits per heavy atom. The molecule has 0 saturated carbocycles. The zero-order chi connectivity index (χ0) is 26.6. The van der Waals surface area contributed by atoms with E-state index in [1.54, 1.807) is 0 Å². The molecule has 4 N–H and O–H groups in total. The number of hydrogen-bond donors (Lipinski definition) is 4. The molecule has 0 atom stereocenters. The fraction of sp³-hybridized carbons (Fsp3) is 0.583. The van der Waals surface area contributed by atoms with Crippen LogP contribution in [0.2, 0.25) is 0 Å². The van der Waals surface area contributed by atoms with Gasteiger partial charge in [0.25, 0.3) is 0 Å². The first-order valence-corrected chi connectivity index (χ1v) is 15.1. The Hall–Kier alpha value is -1.60. The van der Waals surface area contributed by atoms with Crippen LogP contribution in [-0.2, 0) is 22.1 Å². The van der Waals surface area contributed by atoms with Crippen LogP contribution in [-0.4, -0.2) is 40.0 Å². The van der Waals surface area contributed by atoms with Gasteiger partial charge in [0.05, 0.1) is 12.2 Å². The highest BCUT2D eigenvalue weighted by Gasteiger charge is 2.43.